The van der Waals surface area contributed by atoms with E-state index in [0.29, 0.717) is 17.9 Å². The first kappa shape index (κ1) is 25.2. The van der Waals surface area contributed by atoms with Gasteiger partial charge in [0, 0.05) is 29.4 Å². The lowest BCUT2D eigenvalue weighted by Gasteiger charge is -2.20. The van der Waals surface area contributed by atoms with Crippen molar-refractivity contribution in [2.45, 2.75) is 33.1 Å². The summed E-state index contributed by atoms with van der Waals surface area (Å²) in [5, 5.41) is 0. The Morgan fingerprint density at radius 1 is 0.914 bits per heavy atom. The smallest absolute Gasteiger partial charge is 0.210 e. The van der Waals surface area contributed by atoms with Crippen molar-refractivity contribution in [3.05, 3.63) is 94.7 Å². The van der Waals surface area contributed by atoms with Gasteiger partial charge < -0.3 is 14.0 Å². The SMILES string of the molecule is CCCN(CCC)CCCOc1ccc(C(=O)c2c(-c3ccccc3)cc3ccccn23)cc1Br. The number of rotatable bonds is 12. The number of halogens is 1. The van der Waals surface area contributed by atoms with Gasteiger partial charge in [-0.2, -0.15) is 0 Å². The highest BCUT2D eigenvalue weighted by Crippen LogP contribution is 2.32. The van der Waals surface area contributed by atoms with Crippen LogP contribution in [0, 0.1) is 0 Å². The van der Waals surface area contributed by atoms with E-state index in [2.05, 4.69) is 40.7 Å². The monoisotopic (exact) mass is 532 g/mol. The van der Waals surface area contributed by atoms with Crippen molar-refractivity contribution >= 4 is 27.2 Å². The number of benzene rings is 2. The molecule has 0 spiro atoms. The van der Waals surface area contributed by atoms with Crippen LogP contribution in [0.1, 0.15) is 49.2 Å². The van der Waals surface area contributed by atoms with Crippen LogP contribution in [0.25, 0.3) is 16.6 Å². The van der Waals surface area contributed by atoms with Gasteiger partial charge in [0.15, 0.2) is 0 Å². The molecule has 2 heterocycles. The van der Waals surface area contributed by atoms with Crippen LogP contribution < -0.4 is 4.74 Å². The summed E-state index contributed by atoms with van der Waals surface area (Å²) in [6, 6.07) is 23.7. The maximum absolute atomic E-state index is 13.7. The van der Waals surface area contributed by atoms with Gasteiger partial charge in [-0.25, -0.2) is 0 Å². The summed E-state index contributed by atoms with van der Waals surface area (Å²) in [7, 11) is 0. The molecular formula is C30H33BrN2O2. The molecule has 182 valence electrons. The molecule has 0 saturated carbocycles. The van der Waals surface area contributed by atoms with Crippen molar-refractivity contribution in [2.75, 3.05) is 26.2 Å². The number of aromatic nitrogens is 1. The van der Waals surface area contributed by atoms with Crippen molar-refractivity contribution in [1.82, 2.24) is 9.30 Å². The third-order valence-electron chi connectivity index (χ3n) is 6.13. The molecule has 0 aliphatic rings. The Bertz CT molecular complexity index is 1260. The highest BCUT2D eigenvalue weighted by atomic mass is 79.9. The van der Waals surface area contributed by atoms with Crippen molar-refractivity contribution in [2.24, 2.45) is 0 Å². The highest BCUT2D eigenvalue weighted by molar-refractivity contribution is 9.10. The van der Waals surface area contributed by atoms with E-state index in [4.69, 9.17) is 4.74 Å². The van der Waals surface area contributed by atoms with E-state index < -0.39 is 0 Å². The molecule has 2 aromatic heterocycles. The Morgan fingerprint density at radius 2 is 1.66 bits per heavy atom. The summed E-state index contributed by atoms with van der Waals surface area (Å²) in [4.78, 5) is 16.2. The zero-order chi connectivity index (χ0) is 24.6. The summed E-state index contributed by atoms with van der Waals surface area (Å²) < 4.78 is 8.81. The van der Waals surface area contributed by atoms with Crippen LogP contribution in [0.4, 0.5) is 0 Å². The van der Waals surface area contributed by atoms with Crippen molar-refractivity contribution in [3.8, 4) is 16.9 Å². The molecule has 0 N–H and O–H groups in total. The zero-order valence-electron chi connectivity index (χ0n) is 20.5. The van der Waals surface area contributed by atoms with E-state index >= 15 is 0 Å². The number of nitrogens with zero attached hydrogens (tertiary/aromatic N) is 2. The molecule has 0 atom stereocenters. The van der Waals surface area contributed by atoms with Crippen molar-refractivity contribution in [3.63, 3.8) is 0 Å². The molecule has 0 aliphatic carbocycles. The molecule has 0 unspecified atom stereocenters. The number of carbonyl (C=O) groups excluding carboxylic acids is 1. The van der Waals surface area contributed by atoms with Gasteiger partial charge in [-0.05, 0) is 90.2 Å². The van der Waals surface area contributed by atoms with Crippen LogP contribution in [-0.2, 0) is 0 Å². The fourth-order valence-electron chi connectivity index (χ4n) is 4.53. The molecular weight excluding hydrogens is 500 g/mol. The first-order chi connectivity index (χ1) is 17.1. The zero-order valence-corrected chi connectivity index (χ0v) is 22.1. The van der Waals surface area contributed by atoms with E-state index in [9.17, 15) is 4.79 Å². The van der Waals surface area contributed by atoms with E-state index in [1.807, 2.05) is 77.3 Å². The predicted octanol–water partition coefficient (Wildman–Crippen LogP) is 7.49. The predicted molar refractivity (Wildman–Crippen MR) is 148 cm³/mol. The molecule has 2 aromatic carbocycles. The second-order valence-electron chi connectivity index (χ2n) is 8.79. The molecule has 5 heteroatoms. The van der Waals surface area contributed by atoms with Gasteiger partial charge >= 0.3 is 0 Å². The Balaban J connectivity index is 1.52. The van der Waals surface area contributed by atoms with Crippen molar-refractivity contribution < 1.29 is 9.53 Å². The fraction of sp³-hybridized carbons (Fsp3) is 0.300. The minimum atomic E-state index is -0.0166. The van der Waals surface area contributed by atoms with Crippen LogP contribution in [0.3, 0.4) is 0 Å². The van der Waals surface area contributed by atoms with E-state index in [1.165, 1.54) is 12.8 Å². The maximum Gasteiger partial charge on any atom is 0.210 e. The quantitative estimate of drug-likeness (QED) is 0.140. The fourth-order valence-corrected chi connectivity index (χ4v) is 5.02. The molecule has 35 heavy (non-hydrogen) atoms. The summed E-state index contributed by atoms with van der Waals surface area (Å²) in [5.41, 5.74) is 4.25. The van der Waals surface area contributed by atoms with Gasteiger partial charge in [0.1, 0.15) is 11.4 Å². The highest BCUT2D eigenvalue weighted by Gasteiger charge is 2.21. The Hall–Kier alpha value is -2.89. The Labute approximate surface area is 216 Å². The topological polar surface area (TPSA) is 34.0 Å². The van der Waals surface area contributed by atoms with Crippen molar-refractivity contribution in [1.29, 1.82) is 0 Å². The average molecular weight is 534 g/mol. The number of hydrogen-bond donors (Lipinski definition) is 0. The normalized spacial score (nSPS) is 11.3. The molecule has 0 amide bonds. The summed E-state index contributed by atoms with van der Waals surface area (Å²) in [6.45, 7) is 8.40. The Morgan fingerprint density at radius 3 is 2.37 bits per heavy atom. The number of hydrogen-bond acceptors (Lipinski definition) is 3. The van der Waals surface area contributed by atoms with Crippen LogP contribution in [0.2, 0.25) is 0 Å². The second-order valence-corrected chi connectivity index (χ2v) is 9.64. The number of ketones is 1. The number of fused-ring (bicyclic) bond motifs is 1. The summed E-state index contributed by atoms with van der Waals surface area (Å²) >= 11 is 3.63. The van der Waals surface area contributed by atoms with Crippen LogP contribution in [-0.4, -0.2) is 41.3 Å². The molecule has 4 aromatic rings. The van der Waals surface area contributed by atoms with Gasteiger partial charge in [-0.1, -0.05) is 50.2 Å². The van der Waals surface area contributed by atoms with Gasteiger partial charge in [-0.15, -0.1) is 0 Å². The van der Waals surface area contributed by atoms with Gasteiger partial charge in [0.25, 0.3) is 0 Å². The lowest BCUT2D eigenvalue weighted by molar-refractivity contribution is 0.103. The van der Waals surface area contributed by atoms with E-state index in [-0.39, 0.29) is 5.78 Å². The van der Waals surface area contributed by atoms with Gasteiger partial charge in [0.2, 0.25) is 5.78 Å². The van der Waals surface area contributed by atoms with Gasteiger partial charge in [-0.3, -0.25) is 4.79 Å². The standard InChI is InChI=1S/C30H33BrN2O2/c1-3-16-32(17-4-2)18-10-20-35-28-15-14-24(21-27(28)31)30(34)29-26(23-11-6-5-7-12-23)22-25-13-8-9-19-33(25)29/h5-9,11-15,19,21-22H,3-4,10,16-18,20H2,1-2H3. The number of pyridine rings is 1. The molecule has 0 bridgehead atoms. The molecule has 4 rings (SSSR count). The molecule has 0 radical (unpaired) electrons. The molecule has 0 fully saturated rings. The molecule has 0 aliphatic heterocycles. The van der Waals surface area contributed by atoms with Gasteiger partial charge in [0.05, 0.1) is 11.1 Å². The molecule has 4 nitrogen and oxygen atoms in total. The third-order valence-corrected chi connectivity index (χ3v) is 6.75. The largest absolute Gasteiger partial charge is 0.492 e. The molecule has 0 saturated heterocycles. The lowest BCUT2D eigenvalue weighted by atomic mass is 10.0. The maximum atomic E-state index is 13.7. The lowest BCUT2D eigenvalue weighted by Crippen LogP contribution is -2.27. The minimum absolute atomic E-state index is 0.0166. The first-order valence-electron chi connectivity index (χ1n) is 12.5. The number of ether oxygens (including phenoxy) is 1. The van der Waals surface area contributed by atoms with Crippen LogP contribution in [0.5, 0.6) is 5.75 Å². The van der Waals surface area contributed by atoms with Crippen LogP contribution in [0.15, 0.2) is 83.5 Å². The van der Waals surface area contributed by atoms with E-state index in [1.54, 1.807) is 0 Å². The average Bonchev–Trinajstić information content (AvgIpc) is 3.27. The first-order valence-corrected chi connectivity index (χ1v) is 13.3. The number of carbonyl (C=O) groups is 1. The minimum Gasteiger partial charge on any atom is -0.492 e. The summed E-state index contributed by atoms with van der Waals surface area (Å²) in [5.74, 6) is 0.749. The third kappa shape index (κ3) is 6.03. The van der Waals surface area contributed by atoms with Crippen LogP contribution >= 0.6 is 15.9 Å². The Kier molecular flexibility index (Phi) is 8.78. The second kappa shape index (κ2) is 12.2. The van der Waals surface area contributed by atoms with E-state index in [0.717, 1.165) is 52.9 Å². The summed E-state index contributed by atoms with van der Waals surface area (Å²) in [6.07, 6.45) is 5.27.